The van der Waals surface area contributed by atoms with Gasteiger partial charge >= 0.3 is 0 Å². The number of nitrogens with one attached hydrogen (secondary N) is 1. The van der Waals surface area contributed by atoms with Crippen molar-refractivity contribution in [3.05, 3.63) is 0 Å². The summed E-state index contributed by atoms with van der Waals surface area (Å²) in [6, 6.07) is 0. The smallest absolute Gasteiger partial charge is 0.00251 e. The van der Waals surface area contributed by atoms with Crippen LogP contribution in [0, 0.1) is 17.3 Å². The molecule has 1 saturated heterocycles. The van der Waals surface area contributed by atoms with Gasteiger partial charge in [0.05, 0.1) is 0 Å². The van der Waals surface area contributed by atoms with E-state index in [1.807, 2.05) is 0 Å². The lowest BCUT2D eigenvalue weighted by atomic mass is 9.65. The predicted molar refractivity (Wildman–Crippen MR) is 45.0 cm³/mol. The van der Waals surface area contributed by atoms with E-state index in [2.05, 4.69) is 33.0 Å². The Hall–Kier alpha value is -0.0400. The Labute approximate surface area is 64.2 Å². The zero-order chi connectivity index (χ0) is 7.78. The Kier molecular flexibility index (Phi) is 2.04. The van der Waals surface area contributed by atoms with Gasteiger partial charge in [0.25, 0.3) is 0 Å². The first-order valence-corrected chi connectivity index (χ1v) is 4.30. The molecule has 0 aromatic carbocycles. The second-order valence-corrected chi connectivity index (χ2v) is 4.15. The molecule has 0 aliphatic carbocycles. The summed E-state index contributed by atoms with van der Waals surface area (Å²) < 4.78 is 0. The molecule has 1 rings (SSSR count). The van der Waals surface area contributed by atoms with E-state index in [1.54, 1.807) is 0 Å². The average Bonchev–Trinajstić information content (AvgIpc) is 1.57. The van der Waals surface area contributed by atoms with Crippen molar-refractivity contribution in [3.63, 3.8) is 0 Å². The summed E-state index contributed by atoms with van der Waals surface area (Å²) in [4.78, 5) is 0. The lowest BCUT2D eigenvalue weighted by Gasteiger charge is -2.49. The summed E-state index contributed by atoms with van der Waals surface area (Å²) >= 11 is 0. The van der Waals surface area contributed by atoms with Crippen LogP contribution in [0.2, 0.25) is 0 Å². The SMILES string of the molecule is CC(C)C1(C(C)C)CNC1. The lowest BCUT2D eigenvalue weighted by molar-refractivity contribution is 0.0419. The first-order chi connectivity index (χ1) is 4.59. The van der Waals surface area contributed by atoms with Crippen LogP contribution >= 0.6 is 0 Å². The first-order valence-electron chi connectivity index (χ1n) is 4.30. The molecule has 0 aromatic heterocycles. The molecule has 0 aromatic rings. The fraction of sp³-hybridized carbons (Fsp3) is 1.00. The minimum atomic E-state index is 0.611. The van der Waals surface area contributed by atoms with Gasteiger partial charge in [-0.05, 0) is 17.3 Å². The topological polar surface area (TPSA) is 12.0 Å². The molecular weight excluding hydrogens is 122 g/mol. The Morgan fingerprint density at radius 2 is 1.40 bits per heavy atom. The van der Waals surface area contributed by atoms with E-state index in [4.69, 9.17) is 0 Å². The first kappa shape index (κ1) is 8.06. The maximum absolute atomic E-state index is 3.36. The standard InChI is InChI=1S/C9H19N/c1-7(2)9(8(3)4)5-10-6-9/h7-8,10H,5-6H2,1-4H3. The minimum absolute atomic E-state index is 0.611. The highest BCUT2D eigenvalue weighted by molar-refractivity contribution is 4.96. The Bertz CT molecular complexity index is 102. The molecule has 60 valence electrons. The van der Waals surface area contributed by atoms with E-state index in [1.165, 1.54) is 13.1 Å². The molecule has 1 heteroatoms. The molecule has 0 bridgehead atoms. The van der Waals surface area contributed by atoms with Crippen LogP contribution in [0.25, 0.3) is 0 Å². The maximum Gasteiger partial charge on any atom is 0.00251 e. The van der Waals surface area contributed by atoms with Crippen LogP contribution in [0.5, 0.6) is 0 Å². The molecule has 1 fully saturated rings. The lowest BCUT2D eigenvalue weighted by Crippen LogP contribution is -2.59. The van der Waals surface area contributed by atoms with Gasteiger partial charge in [-0.15, -0.1) is 0 Å². The third-order valence-corrected chi connectivity index (χ3v) is 3.21. The number of hydrogen-bond acceptors (Lipinski definition) is 1. The second kappa shape index (κ2) is 2.54. The fourth-order valence-electron chi connectivity index (χ4n) is 1.90. The largest absolute Gasteiger partial charge is 0.315 e. The highest BCUT2D eigenvalue weighted by atomic mass is 15.0. The van der Waals surface area contributed by atoms with Gasteiger partial charge in [-0.25, -0.2) is 0 Å². The molecule has 0 spiro atoms. The number of rotatable bonds is 2. The van der Waals surface area contributed by atoms with Crippen LogP contribution in [0.1, 0.15) is 27.7 Å². The minimum Gasteiger partial charge on any atom is -0.315 e. The van der Waals surface area contributed by atoms with Gasteiger partial charge in [0, 0.05) is 13.1 Å². The van der Waals surface area contributed by atoms with Gasteiger partial charge < -0.3 is 5.32 Å². The van der Waals surface area contributed by atoms with E-state index < -0.39 is 0 Å². The van der Waals surface area contributed by atoms with Crippen molar-refractivity contribution >= 4 is 0 Å². The predicted octanol–water partition coefficient (Wildman–Crippen LogP) is 1.89. The van der Waals surface area contributed by atoms with Gasteiger partial charge in [0.2, 0.25) is 0 Å². The summed E-state index contributed by atoms with van der Waals surface area (Å²) in [6.07, 6.45) is 0. The van der Waals surface area contributed by atoms with E-state index in [9.17, 15) is 0 Å². The van der Waals surface area contributed by atoms with Crippen LogP contribution in [-0.2, 0) is 0 Å². The summed E-state index contributed by atoms with van der Waals surface area (Å²) in [5.74, 6) is 1.66. The van der Waals surface area contributed by atoms with Crippen LogP contribution in [0.3, 0.4) is 0 Å². The molecule has 0 unspecified atom stereocenters. The number of hydrogen-bond donors (Lipinski definition) is 1. The Balaban J connectivity index is 2.59. The normalized spacial score (nSPS) is 23.4. The molecule has 1 nitrogen and oxygen atoms in total. The van der Waals surface area contributed by atoms with Gasteiger partial charge in [-0.1, -0.05) is 27.7 Å². The zero-order valence-corrected chi connectivity index (χ0v) is 7.57. The van der Waals surface area contributed by atoms with Crippen molar-refractivity contribution < 1.29 is 0 Å². The monoisotopic (exact) mass is 141 g/mol. The van der Waals surface area contributed by atoms with Gasteiger partial charge in [-0.3, -0.25) is 0 Å². The van der Waals surface area contributed by atoms with Crippen molar-refractivity contribution in [2.45, 2.75) is 27.7 Å². The Morgan fingerprint density at radius 1 is 1.00 bits per heavy atom. The molecule has 1 N–H and O–H groups in total. The third kappa shape index (κ3) is 0.968. The van der Waals surface area contributed by atoms with Gasteiger partial charge in [0.15, 0.2) is 0 Å². The molecule has 0 radical (unpaired) electrons. The van der Waals surface area contributed by atoms with Gasteiger partial charge in [-0.2, -0.15) is 0 Å². The Morgan fingerprint density at radius 3 is 1.40 bits per heavy atom. The van der Waals surface area contributed by atoms with E-state index >= 15 is 0 Å². The quantitative estimate of drug-likeness (QED) is 0.619. The summed E-state index contributed by atoms with van der Waals surface area (Å²) in [5.41, 5.74) is 0.611. The molecule has 0 saturated carbocycles. The maximum atomic E-state index is 3.36. The van der Waals surface area contributed by atoms with E-state index in [0.717, 1.165) is 11.8 Å². The van der Waals surface area contributed by atoms with E-state index in [0.29, 0.717) is 5.41 Å². The third-order valence-electron chi connectivity index (χ3n) is 3.21. The van der Waals surface area contributed by atoms with Crippen molar-refractivity contribution in [2.24, 2.45) is 17.3 Å². The molecular formula is C9H19N. The van der Waals surface area contributed by atoms with Crippen molar-refractivity contribution in [2.75, 3.05) is 13.1 Å². The molecule has 1 aliphatic rings. The van der Waals surface area contributed by atoms with Crippen molar-refractivity contribution in [3.8, 4) is 0 Å². The second-order valence-electron chi connectivity index (χ2n) is 4.15. The molecule has 0 atom stereocenters. The molecule has 0 amide bonds. The highest BCUT2D eigenvalue weighted by Gasteiger charge is 2.42. The highest BCUT2D eigenvalue weighted by Crippen LogP contribution is 2.38. The van der Waals surface area contributed by atoms with Gasteiger partial charge in [0.1, 0.15) is 0 Å². The van der Waals surface area contributed by atoms with Crippen molar-refractivity contribution in [1.82, 2.24) is 5.32 Å². The zero-order valence-electron chi connectivity index (χ0n) is 7.57. The van der Waals surface area contributed by atoms with E-state index in [-0.39, 0.29) is 0 Å². The fourth-order valence-corrected chi connectivity index (χ4v) is 1.90. The van der Waals surface area contributed by atoms with Crippen LogP contribution in [0.4, 0.5) is 0 Å². The summed E-state index contributed by atoms with van der Waals surface area (Å²) in [5, 5.41) is 3.36. The molecule has 1 heterocycles. The summed E-state index contributed by atoms with van der Waals surface area (Å²) in [7, 11) is 0. The van der Waals surface area contributed by atoms with Crippen LogP contribution < -0.4 is 5.32 Å². The van der Waals surface area contributed by atoms with Crippen LogP contribution in [0.15, 0.2) is 0 Å². The molecule has 10 heavy (non-hydrogen) atoms. The summed E-state index contributed by atoms with van der Waals surface area (Å²) in [6.45, 7) is 11.8. The van der Waals surface area contributed by atoms with Crippen LogP contribution in [-0.4, -0.2) is 13.1 Å². The average molecular weight is 141 g/mol. The van der Waals surface area contributed by atoms with Crippen molar-refractivity contribution in [1.29, 1.82) is 0 Å². The molecule has 1 aliphatic heterocycles.